The summed E-state index contributed by atoms with van der Waals surface area (Å²) in [4.78, 5) is 20.2. The lowest BCUT2D eigenvalue weighted by Gasteiger charge is -2.22. The van der Waals surface area contributed by atoms with Crippen molar-refractivity contribution >= 4 is 11.9 Å². The first-order valence-electron chi connectivity index (χ1n) is 5.48. The maximum atomic E-state index is 10.5. The largest absolute Gasteiger partial charge is 0.481 e. The molecule has 0 aliphatic heterocycles. The number of ether oxygens (including phenoxy) is 1. The monoisotopic (exact) mass is 228 g/mol. The lowest BCUT2D eigenvalue weighted by molar-refractivity contribution is -0.143. The van der Waals surface area contributed by atoms with E-state index in [0.717, 1.165) is 37.9 Å². The molecule has 4 heteroatoms. The van der Waals surface area contributed by atoms with Gasteiger partial charge in [-0.1, -0.05) is 13.5 Å². The second kappa shape index (κ2) is 7.91. The molecule has 1 rings (SSSR count). The van der Waals surface area contributed by atoms with Gasteiger partial charge in [0.2, 0.25) is 0 Å². The van der Waals surface area contributed by atoms with Crippen molar-refractivity contribution in [1.82, 2.24) is 0 Å². The van der Waals surface area contributed by atoms with E-state index in [4.69, 9.17) is 5.11 Å². The van der Waals surface area contributed by atoms with Crippen LogP contribution in [-0.2, 0) is 14.3 Å². The number of aliphatic carboxylic acids is 1. The van der Waals surface area contributed by atoms with Crippen molar-refractivity contribution in [2.45, 2.75) is 39.5 Å². The highest BCUT2D eigenvalue weighted by Gasteiger charge is 2.23. The number of rotatable bonds is 2. The van der Waals surface area contributed by atoms with Crippen molar-refractivity contribution in [3.63, 3.8) is 0 Å². The van der Waals surface area contributed by atoms with Gasteiger partial charge < -0.3 is 9.84 Å². The zero-order valence-corrected chi connectivity index (χ0v) is 9.94. The molecule has 4 nitrogen and oxygen atoms in total. The molecular formula is C12H20O4. The summed E-state index contributed by atoms with van der Waals surface area (Å²) in [6.45, 7) is 6.67. The Kier molecular flexibility index (Phi) is 7.25. The number of carbonyl (C=O) groups is 2. The van der Waals surface area contributed by atoms with Crippen LogP contribution in [0.5, 0.6) is 0 Å². The molecule has 92 valence electrons. The molecule has 0 atom stereocenters. The first-order valence-corrected chi connectivity index (χ1v) is 5.48. The highest BCUT2D eigenvalue weighted by molar-refractivity contribution is 5.69. The lowest BCUT2D eigenvalue weighted by atomic mass is 9.83. The molecule has 1 saturated carbocycles. The summed E-state index contributed by atoms with van der Waals surface area (Å²) < 4.78 is 4.17. The molecular weight excluding hydrogens is 208 g/mol. The Balaban J connectivity index is 0.000000325. The van der Waals surface area contributed by atoms with E-state index in [9.17, 15) is 9.59 Å². The van der Waals surface area contributed by atoms with Crippen molar-refractivity contribution in [2.75, 3.05) is 0 Å². The average molecular weight is 228 g/mol. The lowest BCUT2D eigenvalue weighted by Crippen LogP contribution is -2.19. The SMILES string of the molecule is C=COC(C)=O.CC1CCC(C(=O)O)CC1. The van der Waals surface area contributed by atoms with E-state index in [1.54, 1.807) is 0 Å². The third-order valence-electron chi connectivity index (χ3n) is 2.61. The van der Waals surface area contributed by atoms with E-state index < -0.39 is 5.97 Å². The molecule has 0 aromatic heterocycles. The molecule has 1 aliphatic carbocycles. The van der Waals surface area contributed by atoms with Crippen LogP contribution in [0.25, 0.3) is 0 Å². The maximum Gasteiger partial charge on any atom is 0.307 e. The van der Waals surface area contributed by atoms with Gasteiger partial charge in [0.15, 0.2) is 0 Å². The molecule has 1 fully saturated rings. The fourth-order valence-corrected chi connectivity index (χ4v) is 1.62. The summed E-state index contributed by atoms with van der Waals surface area (Å²) in [6, 6.07) is 0. The first-order chi connectivity index (χ1) is 7.47. The topological polar surface area (TPSA) is 63.6 Å². The van der Waals surface area contributed by atoms with Crippen LogP contribution in [0.1, 0.15) is 39.5 Å². The van der Waals surface area contributed by atoms with Gasteiger partial charge in [0.25, 0.3) is 0 Å². The molecule has 0 heterocycles. The van der Waals surface area contributed by atoms with Gasteiger partial charge in [0.05, 0.1) is 12.2 Å². The van der Waals surface area contributed by atoms with Crippen molar-refractivity contribution in [2.24, 2.45) is 11.8 Å². The van der Waals surface area contributed by atoms with Crippen LogP contribution in [-0.4, -0.2) is 17.0 Å². The number of carbonyl (C=O) groups excluding carboxylic acids is 1. The fourth-order valence-electron chi connectivity index (χ4n) is 1.62. The molecule has 0 spiro atoms. The third-order valence-corrected chi connectivity index (χ3v) is 2.61. The van der Waals surface area contributed by atoms with E-state index >= 15 is 0 Å². The van der Waals surface area contributed by atoms with Crippen LogP contribution >= 0.6 is 0 Å². The van der Waals surface area contributed by atoms with Crippen LogP contribution in [0, 0.1) is 11.8 Å². The highest BCUT2D eigenvalue weighted by Crippen LogP contribution is 2.27. The zero-order valence-electron chi connectivity index (χ0n) is 9.94. The summed E-state index contributed by atoms with van der Waals surface area (Å²) >= 11 is 0. The predicted octanol–water partition coefficient (Wildman–Crippen LogP) is 2.59. The Morgan fingerprint density at radius 2 is 1.81 bits per heavy atom. The van der Waals surface area contributed by atoms with E-state index in [2.05, 4.69) is 18.2 Å². The molecule has 1 aliphatic rings. The van der Waals surface area contributed by atoms with Crippen LogP contribution in [0.4, 0.5) is 0 Å². The van der Waals surface area contributed by atoms with Crippen LogP contribution in [0.15, 0.2) is 12.8 Å². The zero-order chi connectivity index (χ0) is 12.6. The van der Waals surface area contributed by atoms with Crippen LogP contribution < -0.4 is 0 Å². The van der Waals surface area contributed by atoms with Gasteiger partial charge in [-0.05, 0) is 31.6 Å². The van der Waals surface area contributed by atoms with Gasteiger partial charge in [-0.2, -0.15) is 0 Å². The normalized spacial score (nSPS) is 23.6. The number of hydrogen-bond acceptors (Lipinski definition) is 3. The Labute approximate surface area is 96.3 Å². The first kappa shape index (κ1) is 14.7. The fraction of sp³-hybridized carbons (Fsp3) is 0.667. The molecule has 0 saturated heterocycles. The second-order valence-corrected chi connectivity index (χ2v) is 4.07. The standard InChI is InChI=1S/C8H14O2.C4H6O2/c1-6-2-4-7(5-3-6)8(9)10;1-3-6-4(2)5/h6-7H,2-5H2,1H3,(H,9,10);3H,1H2,2H3. The van der Waals surface area contributed by atoms with E-state index in [0.29, 0.717) is 0 Å². The van der Waals surface area contributed by atoms with Crippen LogP contribution in [0.2, 0.25) is 0 Å². The summed E-state index contributed by atoms with van der Waals surface area (Å²) in [5, 5.41) is 8.62. The molecule has 1 N–H and O–H groups in total. The maximum absolute atomic E-state index is 10.5. The van der Waals surface area contributed by atoms with Gasteiger partial charge in [-0.15, -0.1) is 0 Å². The highest BCUT2D eigenvalue weighted by atomic mass is 16.5. The Morgan fingerprint density at radius 1 is 1.31 bits per heavy atom. The number of carboxylic acid groups (broad SMARTS) is 1. The summed E-state index contributed by atoms with van der Waals surface area (Å²) in [5.41, 5.74) is 0. The third kappa shape index (κ3) is 7.04. The molecule has 0 radical (unpaired) electrons. The quantitative estimate of drug-likeness (QED) is 0.583. The van der Waals surface area contributed by atoms with Crippen molar-refractivity contribution < 1.29 is 19.4 Å². The van der Waals surface area contributed by atoms with E-state index in [-0.39, 0.29) is 11.9 Å². The smallest absolute Gasteiger partial charge is 0.307 e. The van der Waals surface area contributed by atoms with Gasteiger partial charge >= 0.3 is 11.9 Å². The number of esters is 1. The van der Waals surface area contributed by atoms with Crippen molar-refractivity contribution in [1.29, 1.82) is 0 Å². The number of hydrogen-bond donors (Lipinski definition) is 1. The molecule has 0 bridgehead atoms. The summed E-state index contributed by atoms with van der Waals surface area (Å²) in [5.74, 6) is -0.233. The average Bonchev–Trinajstić information content (AvgIpc) is 2.19. The Bertz CT molecular complexity index is 239. The minimum Gasteiger partial charge on any atom is -0.481 e. The van der Waals surface area contributed by atoms with Crippen LogP contribution in [0.3, 0.4) is 0 Å². The minimum absolute atomic E-state index is 0.0452. The Morgan fingerprint density at radius 3 is 2.06 bits per heavy atom. The molecule has 0 aromatic rings. The summed E-state index contributed by atoms with van der Waals surface area (Å²) in [7, 11) is 0. The molecule has 16 heavy (non-hydrogen) atoms. The van der Waals surface area contributed by atoms with E-state index in [1.807, 2.05) is 0 Å². The van der Waals surface area contributed by atoms with Crippen molar-refractivity contribution in [3.05, 3.63) is 12.8 Å². The second-order valence-electron chi connectivity index (χ2n) is 4.07. The molecule has 0 unspecified atom stereocenters. The minimum atomic E-state index is -0.605. The molecule has 0 amide bonds. The van der Waals surface area contributed by atoms with Gasteiger partial charge in [0, 0.05) is 6.92 Å². The van der Waals surface area contributed by atoms with Gasteiger partial charge in [0.1, 0.15) is 0 Å². The van der Waals surface area contributed by atoms with Gasteiger partial charge in [-0.3, -0.25) is 9.59 Å². The summed E-state index contributed by atoms with van der Waals surface area (Å²) in [6.07, 6.45) is 5.06. The van der Waals surface area contributed by atoms with Gasteiger partial charge in [-0.25, -0.2) is 0 Å². The Hall–Kier alpha value is -1.32. The van der Waals surface area contributed by atoms with E-state index in [1.165, 1.54) is 6.92 Å². The molecule has 0 aromatic carbocycles. The number of carboxylic acids is 1. The predicted molar refractivity (Wildman–Crippen MR) is 60.7 cm³/mol. The van der Waals surface area contributed by atoms with Crippen molar-refractivity contribution in [3.8, 4) is 0 Å².